The van der Waals surface area contributed by atoms with Crippen LogP contribution in [0.15, 0.2) is 48.5 Å². The van der Waals surface area contributed by atoms with Gasteiger partial charge in [0, 0.05) is 6.92 Å². The van der Waals surface area contributed by atoms with Gasteiger partial charge in [-0.05, 0) is 24.6 Å². The molecule has 3 rings (SSSR count). The molecule has 0 amide bonds. The number of para-hydroxylation sites is 1. The molecule has 0 saturated heterocycles. The van der Waals surface area contributed by atoms with Crippen molar-refractivity contribution in [2.24, 2.45) is 0 Å². The van der Waals surface area contributed by atoms with Gasteiger partial charge in [0.1, 0.15) is 29.2 Å². The zero-order chi connectivity index (χ0) is 15.5. The van der Waals surface area contributed by atoms with E-state index in [4.69, 9.17) is 9.57 Å². The number of imidazole rings is 1. The lowest BCUT2D eigenvalue weighted by Crippen LogP contribution is -2.17. The number of carbonyl (C=O) groups is 1. The fraction of sp³-hybridized carbons (Fsp3) is 0.176. The van der Waals surface area contributed by atoms with Gasteiger partial charge >= 0.3 is 5.97 Å². The van der Waals surface area contributed by atoms with Gasteiger partial charge in [0.2, 0.25) is 0 Å². The van der Waals surface area contributed by atoms with E-state index in [2.05, 4.69) is 4.98 Å². The summed E-state index contributed by atoms with van der Waals surface area (Å²) in [6, 6.07) is 15.5. The molecular formula is C17H16N2O3. The predicted octanol–water partition coefficient (Wildman–Crippen LogP) is 2.90. The SMILES string of the molecule is CC(=O)On1c(C)nc2c(OCc3ccccc3)cccc21. The van der Waals surface area contributed by atoms with E-state index < -0.39 is 5.97 Å². The Morgan fingerprint density at radius 1 is 1.14 bits per heavy atom. The van der Waals surface area contributed by atoms with E-state index in [1.807, 2.05) is 48.5 Å². The van der Waals surface area contributed by atoms with E-state index in [-0.39, 0.29) is 0 Å². The van der Waals surface area contributed by atoms with Crippen molar-refractivity contribution in [2.45, 2.75) is 20.5 Å². The molecule has 0 atom stereocenters. The average Bonchev–Trinajstić information content (AvgIpc) is 2.82. The minimum absolute atomic E-state index is 0.391. The monoisotopic (exact) mass is 296 g/mol. The smallest absolute Gasteiger partial charge is 0.329 e. The minimum atomic E-state index is -0.391. The lowest BCUT2D eigenvalue weighted by Gasteiger charge is -2.07. The Hall–Kier alpha value is -2.82. The second kappa shape index (κ2) is 5.89. The number of hydrogen-bond donors (Lipinski definition) is 0. The lowest BCUT2D eigenvalue weighted by atomic mass is 10.2. The maximum absolute atomic E-state index is 11.2. The summed E-state index contributed by atoms with van der Waals surface area (Å²) in [5.74, 6) is 0.870. The van der Waals surface area contributed by atoms with Gasteiger partial charge in [0.15, 0.2) is 0 Å². The third kappa shape index (κ3) is 2.79. The van der Waals surface area contributed by atoms with Crippen molar-refractivity contribution in [1.29, 1.82) is 0 Å². The first kappa shape index (κ1) is 14.1. The molecule has 22 heavy (non-hydrogen) atoms. The van der Waals surface area contributed by atoms with Gasteiger partial charge in [0.05, 0.1) is 0 Å². The Labute approximate surface area is 128 Å². The lowest BCUT2D eigenvalue weighted by molar-refractivity contribution is -0.141. The average molecular weight is 296 g/mol. The molecule has 0 aliphatic heterocycles. The highest BCUT2D eigenvalue weighted by Gasteiger charge is 2.14. The molecule has 1 aromatic heterocycles. The van der Waals surface area contributed by atoms with Crippen LogP contribution in [0.4, 0.5) is 0 Å². The summed E-state index contributed by atoms with van der Waals surface area (Å²) >= 11 is 0. The first-order valence-corrected chi connectivity index (χ1v) is 6.99. The van der Waals surface area contributed by atoms with Crippen molar-refractivity contribution < 1.29 is 14.4 Å². The zero-order valence-corrected chi connectivity index (χ0v) is 12.4. The van der Waals surface area contributed by atoms with Crippen LogP contribution in [0.1, 0.15) is 18.3 Å². The summed E-state index contributed by atoms with van der Waals surface area (Å²) < 4.78 is 7.29. The molecule has 0 aliphatic carbocycles. The van der Waals surface area contributed by atoms with E-state index in [0.29, 0.717) is 29.2 Å². The van der Waals surface area contributed by atoms with Gasteiger partial charge in [0.25, 0.3) is 0 Å². The standard InChI is InChI=1S/C17H16N2O3/c1-12-18-17-15(19(12)22-13(2)20)9-6-10-16(17)21-11-14-7-4-3-5-8-14/h3-10H,11H2,1-2H3. The fourth-order valence-electron chi connectivity index (χ4n) is 2.26. The number of benzene rings is 2. The highest BCUT2D eigenvalue weighted by molar-refractivity contribution is 5.83. The number of ether oxygens (including phenoxy) is 1. The second-order valence-corrected chi connectivity index (χ2v) is 4.93. The summed E-state index contributed by atoms with van der Waals surface area (Å²) in [5.41, 5.74) is 2.46. The number of aryl methyl sites for hydroxylation is 1. The summed E-state index contributed by atoms with van der Waals surface area (Å²) in [4.78, 5) is 20.8. The first-order chi connectivity index (χ1) is 10.6. The molecule has 5 heteroatoms. The van der Waals surface area contributed by atoms with E-state index in [9.17, 15) is 4.79 Å². The normalized spacial score (nSPS) is 10.6. The molecule has 5 nitrogen and oxygen atoms in total. The summed E-state index contributed by atoms with van der Waals surface area (Å²) in [6.45, 7) is 3.60. The van der Waals surface area contributed by atoms with Gasteiger partial charge in [-0.25, -0.2) is 9.78 Å². The Morgan fingerprint density at radius 2 is 1.91 bits per heavy atom. The third-order valence-electron chi connectivity index (χ3n) is 3.22. The number of aromatic nitrogens is 2. The van der Waals surface area contributed by atoms with Crippen molar-refractivity contribution in [3.05, 3.63) is 59.9 Å². The van der Waals surface area contributed by atoms with Gasteiger partial charge in [-0.3, -0.25) is 0 Å². The van der Waals surface area contributed by atoms with Crippen LogP contribution in [0.3, 0.4) is 0 Å². The number of carbonyl (C=O) groups excluding carboxylic acids is 1. The van der Waals surface area contributed by atoms with Crippen molar-refractivity contribution in [1.82, 2.24) is 9.71 Å². The molecule has 0 fully saturated rings. The van der Waals surface area contributed by atoms with E-state index in [1.165, 1.54) is 11.7 Å². The molecule has 0 saturated carbocycles. The molecular weight excluding hydrogens is 280 g/mol. The molecule has 0 aliphatic rings. The highest BCUT2D eigenvalue weighted by atomic mass is 16.7. The molecule has 1 heterocycles. The van der Waals surface area contributed by atoms with Crippen molar-refractivity contribution in [3.63, 3.8) is 0 Å². The van der Waals surface area contributed by atoms with Crippen LogP contribution < -0.4 is 9.57 Å². The van der Waals surface area contributed by atoms with Crippen molar-refractivity contribution in [2.75, 3.05) is 0 Å². The minimum Gasteiger partial charge on any atom is -0.487 e. The maximum Gasteiger partial charge on any atom is 0.329 e. The Balaban J connectivity index is 1.92. The fourth-order valence-corrected chi connectivity index (χ4v) is 2.26. The largest absolute Gasteiger partial charge is 0.487 e. The van der Waals surface area contributed by atoms with Gasteiger partial charge in [-0.1, -0.05) is 36.4 Å². The van der Waals surface area contributed by atoms with Gasteiger partial charge in [-0.15, -0.1) is 0 Å². The zero-order valence-electron chi connectivity index (χ0n) is 12.4. The highest BCUT2D eigenvalue weighted by Crippen LogP contribution is 2.26. The quantitative estimate of drug-likeness (QED) is 0.743. The van der Waals surface area contributed by atoms with Crippen molar-refractivity contribution >= 4 is 17.0 Å². The Bertz CT molecular complexity index is 809. The summed E-state index contributed by atoms with van der Waals surface area (Å²) in [6.07, 6.45) is 0. The van der Waals surface area contributed by atoms with Crippen molar-refractivity contribution in [3.8, 4) is 5.75 Å². The van der Waals surface area contributed by atoms with E-state index >= 15 is 0 Å². The topological polar surface area (TPSA) is 53.4 Å². The van der Waals surface area contributed by atoms with Crippen LogP contribution in [0.2, 0.25) is 0 Å². The molecule has 0 bridgehead atoms. The number of hydrogen-bond acceptors (Lipinski definition) is 4. The van der Waals surface area contributed by atoms with Crippen LogP contribution in [0, 0.1) is 6.92 Å². The molecule has 112 valence electrons. The maximum atomic E-state index is 11.2. The third-order valence-corrected chi connectivity index (χ3v) is 3.22. The van der Waals surface area contributed by atoms with Crippen LogP contribution in [-0.4, -0.2) is 15.7 Å². The molecule has 0 spiro atoms. The Kier molecular flexibility index (Phi) is 3.78. The first-order valence-electron chi connectivity index (χ1n) is 6.99. The molecule has 2 aromatic carbocycles. The molecule has 0 radical (unpaired) electrons. The van der Waals surface area contributed by atoms with Gasteiger partial charge in [-0.2, -0.15) is 4.73 Å². The number of rotatable bonds is 4. The van der Waals surface area contributed by atoms with Gasteiger partial charge < -0.3 is 9.57 Å². The predicted molar refractivity (Wildman–Crippen MR) is 82.5 cm³/mol. The summed E-state index contributed by atoms with van der Waals surface area (Å²) in [5, 5.41) is 0. The van der Waals surface area contributed by atoms with Crippen LogP contribution in [-0.2, 0) is 11.4 Å². The molecule has 0 N–H and O–H groups in total. The van der Waals surface area contributed by atoms with Crippen LogP contribution in [0.5, 0.6) is 5.75 Å². The number of nitrogens with zero attached hydrogens (tertiary/aromatic N) is 2. The number of fused-ring (bicyclic) bond motifs is 1. The van der Waals surface area contributed by atoms with Crippen LogP contribution >= 0.6 is 0 Å². The van der Waals surface area contributed by atoms with Crippen LogP contribution in [0.25, 0.3) is 11.0 Å². The van der Waals surface area contributed by atoms with E-state index in [1.54, 1.807) is 6.92 Å². The second-order valence-electron chi connectivity index (χ2n) is 4.93. The molecule has 3 aromatic rings. The van der Waals surface area contributed by atoms with E-state index in [0.717, 1.165) is 5.56 Å². The molecule has 0 unspecified atom stereocenters. The summed E-state index contributed by atoms with van der Waals surface area (Å²) in [7, 11) is 0. The Morgan fingerprint density at radius 3 is 2.64 bits per heavy atom.